The summed E-state index contributed by atoms with van der Waals surface area (Å²) in [5, 5.41) is 0. The van der Waals surface area contributed by atoms with Gasteiger partial charge < -0.3 is 4.90 Å². The van der Waals surface area contributed by atoms with Crippen LogP contribution in [-0.4, -0.2) is 24.5 Å². The van der Waals surface area contributed by atoms with Gasteiger partial charge in [-0.1, -0.05) is 26.0 Å². The molecule has 100 valence electrons. The van der Waals surface area contributed by atoms with Gasteiger partial charge in [0, 0.05) is 6.54 Å². The zero-order valence-corrected chi connectivity index (χ0v) is 11.6. The Labute approximate surface area is 110 Å². The maximum Gasteiger partial charge on any atom is 0.123 e. The van der Waals surface area contributed by atoms with Crippen molar-refractivity contribution in [2.75, 3.05) is 19.6 Å². The monoisotopic (exact) mass is 249 g/mol. The Morgan fingerprint density at radius 2 is 1.83 bits per heavy atom. The number of rotatable bonds is 3. The minimum atomic E-state index is -0.143. The summed E-state index contributed by atoms with van der Waals surface area (Å²) in [4.78, 5) is 2.55. The van der Waals surface area contributed by atoms with Gasteiger partial charge in [-0.2, -0.15) is 0 Å². The molecule has 0 bridgehead atoms. The summed E-state index contributed by atoms with van der Waals surface area (Å²) < 4.78 is 12.8. The average molecular weight is 249 g/mol. The first kappa shape index (κ1) is 13.5. The first-order valence-corrected chi connectivity index (χ1v) is 7.02. The first-order valence-electron chi connectivity index (χ1n) is 7.02. The van der Waals surface area contributed by atoms with Crippen LogP contribution in [0, 0.1) is 11.2 Å². The van der Waals surface area contributed by atoms with Crippen LogP contribution in [0.5, 0.6) is 0 Å². The van der Waals surface area contributed by atoms with Crippen LogP contribution in [0.3, 0.4) is 0 Å². The number of benzene rings is 1. The van der Waals surface area contributed by atoms with E-state index in [1.54, 1.807) is 12.1 Å². The third kappa shape index (κ3) is 4.09. The molecule has 0 aromatic heterocycles. The Hall–Kier alpha value is -0.890. The van der Waals surface area contributed by atoms with Crippen molar-refractivity contribution in [3.63, 3.8) is 0 Å². The van der Waals surface area contributed by atoms with Crippen molar-refractivity contribution >= 4 is 0 Å². The van der Waals surface area contributed by atoms with E-state index in [1.165, 1.54) is 37.9 Å². The van der Waals surface area contributed by atoms with Crippen molar-refractivity contribution in [2.24, 2.45) is 5.41 Å². The second kappa shape index (κ2) is 5.83. The molecule has 1 aromatic carbocycles. The zero-order chi connectivity index (χ0) is 13.0. The fourth-order valence-electron chi connectivity index (χ4n) is 2.64. The molecule has 1 aliphatic rings. The lowest BCUT2D eigenvalue weighted by Gasteiger charge is -2.23. The molecule has 0 unspecified atom stereocenters. The molecule has 1 fully saturated rings. The standard InChI is InChI=1S/C16H24FN/c1-16(2)9-3-11-18(13-10-16)12-8-14-4-6-15(17)7-5-14/h4-7H,3,8-13H2,1-2H3. The maximum absolute atomic E-state index is 12.8. The summed E-state index contributed by atoms with van der Waals surface area (Å²) in [6.07, 6.45) is 4.95. The van der Waals surface area contributed by atoms with Gasteiger partial charge in [-0.15, -0.1) is 0 Å². The SMILES string of the molecule is CC1(C)CCCN(CCc2ccc(F)cc2)CC1. The Kier molecular flexibility index (Phi) is 4.39. The maximum atomic E-state index is 12.8. The Bertz CT molecular complexity index is 369. The highest BCUT2D eigenvalue weighted by molar-refractivity contribution is 5.16. The van der Waals surface area contributed by atoms with Crippen molar-refractivity contribution in [3.05, 3.63) is 35.6 Å². The lowest BCUT2D eigenvalue weighted by molar-refractivity contribution is 0.265. The second-order valence-corrected chi connectivity index (χ2v) is 6.24. The molecule has 1 aromatic rings. The number of hydrogen-bond acceptors (Lipinski definition) is 1. The van der Waals surface area contributed by atoms with E-state index in [0.29, 0.717) is 5.41 Å². The molecule has 0 radical (unpaired) electrons. The average Bonchev–Trinajstić information content (AvgIpc) is 2.50. The van der Waals surface area contributed by atoms with Gasteiger partial charge in [0.1, 0.15) is 5.82 Å². The summed E-state index contributed by atoms with van der Waals surface area (Å²) in [6.45, 7) is 8.26. The lowest BCUT2D eigenvalue weighted by atomic mass is 9.85. The minimum Gasteiger partial charge on any atom is -0.303 e. The molecule has 1 aliphatic heterocycles. The summed E-state index contributed by atoms with van der Waals surface area (Å²) in [5.41, 5.74) is 1.74. The molecule has 1 nitrogen and oxygen atoms in total. The number of hydrogen-bond donors (Lipinski definition) is 0. The van der Waals surface area contributed by atoms with Gasteiger partial charge in [-0.05, 0) is 61.9 Å². The van der Waals surface area contributed by atoms with Crippen molar-refractivity contribution < 1.29 is 4.39 Å². The van der Waals surface area contributed by atoms with E-state index in [0.717, 1.165) is 13.0 Å². The number of likely N-dealkylation sites (tertiary alicyclic amines) is 1. The van der Waals surface area contributed by atoms with E-state index >= 15 is 0 Å². The van der Waals surface area contributed by atoms with Crippen LogP contribution >= 0.6 is 0 Å². The lowest BCUT2D eigenvalue weighted by Crippen LogP contribution is -2.27. The summed E-state index contributed by atoms with van der Waals surface area (Å²) in [5.74, 6) is -0.143. The molecular weight excluding hydrogens is 225 g/mol. The van der Waals surface area contributed by atoms with Crippen molar-refractivity contribution in [3.8, 4) is 0 Å². The van der Waals surface area contributed by atoms with Crippen molar-refractivity contribution in [1.29, 1.82) is 0 Å². The molecule has 0 atom stereocenters. The molecule has 1 heterocycles. The van der Waals surface area contributed by atoms with E-state index in [2.05, 4.69) is 18.7 Å². The van der Waals surface area contributed by atoms with Gasteiger partial charge in [-0.25, -0.2) is 4.39 Å². The van der Waals surface area contributed by atoms with Crippen LogP contribution in [0.4, 0.5) is 4.39 Å². The van der Waals surface area contributed by atoms with E-state index in [9.17, 15) is 4.39 Å². The highest BCUT2D eigenvalue weighted by atomic mass is 19.1. The zero-order valence-electron chi connectivity index (χ0n) is 11.6. The molecule has 1 saturated heterocycles. The van der Waals surface area contributed by atoms with Gasteiger partial charge in [0.25, 0.3) is 0 Å². The Morgan fingerprint density at radius 3 is 2.56 bits per heavy atom. The van der Waals surface area contributed by atoms with Crippen LogP contribution in [0.1, 0.15) is 38.7 Å². The van der Waals surface area contributed by atoms with E-state index in [4.69, 9.17) is 0 Å². The number of halogens is 1. The molecule has 0 amide bonds. The molecule has 18 heavy (non-hydrogen) atoms. The summed E-state index contributed by atoms with van der Waals surface area (Å²) >= 11 is 0. The van der Waals surface area contributed by atoms with Gasteiger partial charge in [-0.3, -0.25) is 0 Å². The molecule has 2 rings (SSSR count). The smallest absolute Gasteiger partial charge is 0.123 e. The van der Waals surface area contributed by atoms with Crippen LogP contribution in [-0.2, 0) is 6.42 Å². The van der Waals surface area contributed by atoms with Crippen LogP contribution < -0.4 is 0 Å². The second-order valence-electron chi connectivity index (χ2n) is 6.24. The summed E-state index contributed by atoms with van der Waals surface area (Å²) in [7, 11) is 0. The van der Waals surface area contributed by atoms with Gasteiger partial charge in [0.15, 0.2) is 0 Å². The predicted octanol–water partition coefficient (Wildman–Crippen LogP) is 3.88. The van der Waals surface area contributed by atoms with E-state index in [1.807, 2.05) is 12.1 Å². The Balaban J connectivity index is 1.81. The minimum absolute atomic E-state index is 0.143. The fourth-order valence-corrected chi connectivity index (χ4v) is 2.64. The predicted molar refractivity (Wildman–Crippen MR) is 74.2 cm³/mol. The van der Waals surface area contributed by atoms with E-state index in [-0.39, 0.29) is 5.82 Å². The Morgan fingerprint density at radius 1 is 1.11 bits per heavy atom. The molecule has 0 spiro atoms. The third-order valence-corrected chi connectivity index (χ3v) is 4.06. The van der Waals surface area contributed by atoms with Gasteiger partial charge in [0.05, 0.1) is 0 Å². The van der Waals surface area contributed by atoms with Gasteiger partial charge >= 0.3 is 0 Å². The quantitative estimate of drug-likeness (QED) is 0.785. The van der Waals surface area contributed by atoms with Crippen LogP contribution in [0.2, 0.25) is 0 Å². The van der Waals surface area contributed by atoms with Gasteiger partial charge in [0.2, 0.25) is 0 Å². The highest BCUT2D eigenvalue weighted by Gasteiger charge is 2.22. The van der Waals surface area contributed by atoms with Crippen molar-refractivity contribution in [2.45, 2.75) is 39.5 Å². The molecule has 0 saturated carbocycles. The topological polar surface area (TPSA) is 3.24 Å². The molecular formula is C16H24FN. The first-order chi connectivity index (χ1) is 8.55. The molecule has 0 aliphatic carbocycles. The molecule has 0 N–H and O–H groups in total. The molecule has 2 heteroatoms. The summed E-state index contributed by atoms with van der Waals surface area (Å²) in [6, 6.07) is 6.91. The largest absolute Gasteiger partial charge is 0.303 e. The van der Waals surface area contributed by atoms with E-state index < -0.39 is 0 Å². The van der Waals surface area contributed by atoms with Crippen molar-refractivity contribution in [1.82, 2.24) is 4.90 Å². The fraction of sp³-hybridized carbons (Fsp3) is 0.625. The normalized spacial score (nSPS) is 20.6. The van der Waals surface area contributed by atoms with Crippen LogP contribution in [0.15, 0.2) is 24.3 Å². The highest BCUT2D eigenvalue weighted by Crippen LogP contribution is 2.29. The number of nitrogens with zero attached hydrogens (tertiary/aromatic N) is 1. The van der Waals surface area contributed by atoms with Crippen LogP contribution in [0.25, 0.3) is 0 Å². The third-order valence-electron chi connectivity index (χ3n) is 4.06.